The van der Waals surface area contributed by atoms with Crippen LogP contribution in [0.15, 0.2) is 0 Å². The fourth-order valence-electron chi connectivity index (χ4n) is 3.11. The fraction of sp³-hybridized carbons (Fsp3) is 0.917. The Kier molecular flexibility index (Phi) is 2.42. The Morgan fingerprint density at radius 2 is 1.79 bits per heavy atom. The Labute approximate surface area is 86.7 Å². The van der Waals surface area contributed by atoms with Gasteiger partial charge in [-0.15, -0.1) is 0 Å². The van der Waals surface area contributed by atoms with Gasteiger partial charge in [-0.25, -0.2) is 0 Å². The van der Waals surface area contributed by atoms with E-state index in [4.69, 9.17) is 0 Å². The maximum atomic E-state index is 11.1. The van der Waals surface area contributed by atoms with E-state index in [0.29, 0.717) is 5.41 Å². The van der Waals surface area contributed by atoms with Crippen molar-refractivity contribution in [3.8, 4) is 0 Å². The van der Waals surface area contributed by atoms with Gasteiger partial charge in [0.25, 0.3) is 0 Å². The summed E-state index contributed by atoms with van der Waals surface area (Å²) in [5.74, 6) is 0. The van der Waals surface area contributed by atoms with Crippen molar-refractivity contribution in [2.45, 2.75) is 39.5 Å². The van der Waals surface area contributed by atoms with Crippen molar-refractivity contribution in [3.63, 3.8) is 0 Å². The molecule has 14 heavy (non-hydrogen) atoms. The summed E-state index contributed by atoms with van der Waals surface area (Å²) in [7, 11) is 0. The van der Waals surface area contributed by atoms with Crippen LogP contribution in [0.4, 0.5) is 0 Å². The van der Waals surface area contributed by atoms with Crippen LogP contribution >= 0.6 is 0 Å². The molecule has 0 unspecified atom stereocenters. The number of likely N-dealkylation sites (tertiary alicyclic amines) is 1. The number of aldehydes is 1. The fourth-order valence-corrected chi connectivity index (χ4v) is 3.11. The molecular formula is C12H21NO. The van der Waals surface area contributed by atoms with Crippen LogP contribution in [0.3, 0.4) is 0 Å². The van der Waals surface area contributed by atoms with Gasteiger partial charge in [0.2, 0.25) is 0 Å². The molecule has 2 rings (SSSR count). The molecule has 1 saturated carbocycles. The molecule has 2 heteroatoms. The van der Waals surface area contributed by atoms with Crippen LogP contribution in [0.5, 0.6) is 0 Å². The van der Waals surface area contributed by atoms with Gasteiger partial charge >= 0.3 is 0 Å². The standard InChI is InChI=1S/C12H21NO/c1-11(2)7-13(8-11)9-12(10-14)5-3-4-6-12/h10H,3-9H2,1-2H3. The third kappa shape index (κ3) is 1.85. The SMILES string of the molecule is CC1(C)CN(CC2(C=O)CCCC2)C1. The number of carbonyl (C=O) groups excluding carboxylic acids is 1. The van der Waals surface area contributed by atoms with E-state index in [1.807, 2.05) is 0 Å². The van der Waals surface area contributed by atoms with Crippen LogP contribution < -0.4 is 0 Å². The summed E-state index contributed by atoms with van der Waals surface area (Å²) in [5.41, 5.74) is 0.513. The molecule has 1 heterocycles. The quantitative estimate of drug-likeness (QED) is 0.643. The lowest BCUT2D eigenvalue weighted by molar-refractivity contribution is -0.119. The molecule has 80 valence electrons. The monoisotopic (exact) mass is 195 g/mol. The third-order valence-electron chi connectivity index (χ3n) is 3.69. The minimum absolute atomic E-state index is 0.0243. The maximum Gasteiger partial charge on any atom is 0.127 e. The summed E-state index contributed by atoms with van der Waals surface area (Å²) in [4.78, 5) is 13.6. The summed E-state index contributed by atoms with van der Waals surface area (Å²) < 4.78 is 0. The van der Waals surface area contributed by atoms with Gasteiger partial charge in [-0.05, 0) is 18.3 Å². The highest BCUT2D eigenvalue weighted by atomic mass is 16.1. The summed E-state index contributed by atoms with van der Waals surface area (Å²) in [6.45, 7) is 7.95. The zero-order valence-electron chi connectivity index (χ0n) is 9.38. The molecule has 0 bridgehead atoms. The molecular weight excluding hydrogens is 174 g/mol. The van der Waals surface area contributed by atoms with Crippen LogP contribution in [0.2, 0.25) is 0 Å². The zero-order chi connectivity index (χ0) is 10.2. The highest BCUT2D eigenvalue weighted by molar-refractivity contribution is 5.60. The molecule has 2 fully saturated rings. The van der Waals surface area contributed by atoms with Crippen LogP contribution in [-0.4, -0.2) is 30.8 Å². The predicted octanol–water partition coefficient (Wildman–Crippen LogP) is 2.09. The topological polar surface area (TPSA) is 20.3 Å². The number of hydrogen-bond donors (Lipinski definition) is 0. The molecule has 0 atom stereocenters. The molecule has 0 aromatic rings. The molecule has 0 radical (unpaired) electrons. The van der Waals surface area contributed by atoms with Gasteiger partial charge < -0.3 is 9.69 Å². The van der Waals surface area contributed by atoms with E-state index in [0.717, 1.165) is 19.4 Å². The second-order valence-electron chi connectivity index (χ2n) is 6.00. The first-order valence-electron chi connectivity index (χ1n) is 5.74. The normalized spacial score (nSPS) is 29.9. The smallest absolute Gasteiger partial charge is 0.127 e. The van der Waals surface area contributed by atoms with E-state index in [-0.39, 0.29) is 5.41 Å². The van der Waals surface area contributed by atoms with Crippen LogP contribution in [-0.2, 0) is 4.79 Å². The Morgan fingerprint density at radius 3 is 2.21 bits per heavy atom. The van der Waals surface area contributed by atoms with E-state index in [1.165, 1.54) is 32.2 Å². The van der Waals surface area contributed by atoms with Gasteiger partial charge in [-0.3, -0.25) is 0 Å². The highest BCUT2D eigenvalue weighted by Gasteiger charge is 2.41. The second kappa shape index (κ2) is 3.34. The lowest BCUT2D eigenvalue weighted by Gasteiger charge is -2.48. The Morgan fingerprint density at radius 1 is 1.21 bits per heavy atom. The molecule has 0 amide bonds. The molecule has 0 aromatic heterocycles. The third-order valence-corrected chi connectivity index (χ3v) is 3.69. The molecule has 1 aliphatic carbocycles. The van der Waals surface area contributed by atoms with E-state index in [9.17, 15) is 4.79 Å². The van der Waals surface area contributed by atoms with Crippen molar-refractivity contribution < 1.29 is 4.79 Å². The molecule has 2 nitrogen and oxygen atoms in total. The lowest BCUT2D eigenvalue weighted by atomic mass is 9.80. The van der Waals surface area contributed by atoms with Crippen molar-refractivity contribution in [2.75, 3.05) is 19.6 Å². The summed E-state index contributed by atoms with van der Waals surface area (Å²) in [6, 6.07) is 0. The summed E-state index contributed by atoms with van der Waals surface area (Å²) in [6.07, 6.45) is 5.96. The Bertz CT molecular complexity index is 220. The molecule has 1 saturated heterocycles. The molecule has 1 aliphatic heterocycles. The maximum absolute atomic E-state index is 11.1. The van der Waals surface area contributed by atoms with Gasteiger partial charge in [0.1, 0.15) is 6.29 Å². The molecule has 2 aliphatic rings. The zero-order valence-corrected chi connectivity index (χ0v) is 9.38. The summed E-state index contributed by atoms with van der Waals surface area (Å²) in [5, 5.41) is 0. The van der Waals surface area contributed by atoms with Gasteiger partial charge in [0.15, 0.2) is 0 Å². The van der Waals surface area contributed by atoms with Gasteiger partial charge in [0, 0.05) is 25.0 Å². The van der Waals surface area contributed by atoms with E-state index in [1.54, 1.807) is 0 Å². The van der Waals surface area contributed by atoms with Crippen LogP contribution in [0, 0.1) is 10.8 Å². The number of carbonyl (C=O) groups is 1. The predicted molar refractivity (Wildman–Crippen MR) is 57.2 cm³/mol. The minimum atomic E-state index is 0.0243. The van der Waals surface area contributed by atoms with Crippen LogP contribution in [0.25, 0.3) is 0 Å². The first kappa shape index (κ1) is 10.2. The Balaban J connectivity index is 1.87. The van der Waals surface area contributed by atoms with E-state index >= 15 is 0 Å². The van der Waals surface area contributed by atoms with Gasteiger partial charge in [-0.1, -0.05) is 26.7 Å². The van der Waals surface area contributed by atoms with Crippen LogP contribution in [0.1, 0.15) is 39.5 Å². The molecule has 0 aromatic carbocycles. The first-order chi connectivity index (χ1) is 6.55. The van der Waals surface area contributed by atoms with Crippen molar-refractivity contribution in [1.82, 2.24) is 4.90 Å². The van der Waals surface area contributed by atoms with Gasteiger partial charge in [-0.2, -0.15) is 0 Å². The van der Waals surface area contributed by atoms with Crippen molar-refractivity contribution >= 4 is 6.29 Å². The number of nitrogens with zero attached hydrogens (tertiary/aromatic N) is 1. The van der Waals surface area contributed by atoms with Crippen molar-refractivity contribution in [2.24, 2.45) is 10.8 Å². The van der Waals surface area contributed by atoms with Gasteiger partial charge in [0.05, 0.1) is 0 Å². The van der Waals surface area contributed by atoms with Crippen molar-refractivity contribution in [1.29, 1.82) is 0 Å². The number of rotatable bonds is 3. The van der Waals surface area contributed by atoms with Crippen molar-refractivity contribution in [3.05, 3.63) is 0 Å². The second-order valence-corrected chi connectivity index (χ2v) is 6.00. The average molecular weight is 195 g/mol. The minimum Gasteiger partial charge on any atom is -0.303 e. The summed E-state index contributed by atoms with van der Waals surface area (Å²) >= 11 is 0. The highest BCUT2D eigenvalue weighted by Crippen LogP contribution is 2.40. The average Bonchev–Trinajstić information content (AvgIpc) is 2.51. The molecule has 0 N–H and O–H groups in total. The largest absolute Gasteiger partial charge is 0.303 e. The molecule has 0 spiro atoms. The Hall–Kier alpha value is -0.370. The lowest BCUT2D eigenvalue weighted by Crippen LogP contribution is -2.56. The number of hydrogen-bond acceptors (Lipinski definition) is 2. The van der Waals surface area contributed by atoms with E-state index < -0.39 is 0 Å². The van der Waals surface area contributed by atoms with E-state index in [2.05, 4.69) is 18.7 Å². The first-order valence-corrected chi connectivity index (χ1v) is 5.74.